The summed E-state index contributed by atoms with van der Waals surface area (Å²) in [6.07, 6.45) is 1.59. The molecule has 1 aliphatic carbocycles. The van der Waals surface area contributed by atoms with Crippen molar-refractivity contribution in [3.63, 3.8) is 0 Å². The molecule has 5 heteroatoms. The highest BCUT2D eigenvalue weighted by atomic mass is 19.1. The first-order chi connectivity index (χ1) is 7.51. The number of phenolic OH excluding ortho intramolecular Hbond substituents is 1. The molecule has 86 valence electrons. The molecule has 1 amide bonds. The van der Waals surface area contributed by atoms with Crippen LogP contribution in [0, 0.1) is 5.82 Å². The zero-order valence-corrected chi connectivity index (χ0v) is 8.53. The van der Waals surface area contributed by atoms with Gasteiger partial charge in [0.15, 0.2) is 0 Å². The first-order valence-electron chi connectivity index (χ1n) is 5.04. The minimum absolute atomic E-state index is 0.0228. The molecule has 0 saturated heterocycles. The molecule has 3 N–H and O–H groups in total. The van der Waals surface area contributed by atoms with Gasteiger partial charge in [-0.05, 0) is 31.4 Å². The van der Waals surface area contributed by atoms with Crippen LogP contribution in [0.1, 0.15) is 19.3 Å². The van der Waals surface area contributed by atoms with Crippen molar-refractivity contribution in [3.8, 4) is 5.75 Å². The van der Waals surface area contributed by atoms with Gasteiger partial charge in [0.1, 0.15) is 17.2 Å². The van der Waals surface area contributed by atoms with Crippen LogP contribution in [0.3, 0.4) is 0 Å². The van der Waals surface area contributed by atoms with E-state index >= 15 is 0 Å². The van der Waals surface area contributed by atoms with Crippen LogP contribution >= 0.6 is 0 Å². The summed E-state index contributed by atoms with van der Waals surface area (Å²) in [6.45, 7) is 0. The monoisotopic (exact) mass is 225 g/mol. The summed E-state index contributed by atoms with van der Waals surface area (Å²) < 4.78 is 12.9. The van der Waals surface area contributed by atoms with Crippen LogP contribution in [0.2, 0.25) is 0 Å². The Labute approximate surface area is 91.7 Å². The van der Waals surface area contributed by atoms with Crippen LogP contribution in [-0.4, -0.2) is 21.7 Å². The molecule has 0 radical (unpaired) electrons. The molecule has 1 aromatic rings. The van der Waals surface area contributed by atoms with Crippen molar-refractivity contribution in [2.45, 2.75) is 24.9 Å². The molecule has 0 spiro atoms. The molecular weight excluding hydrogens is 213 g/mol. The summed E-state index contributed by atoms with van der Waals surface area (Å²) in [6, 6.07) is 3.24. The standard InChI is InChI=1S/C11H12FNO3/c12-7-2-3-9(14)8(6-7)13-10(15)11(16)4-1-5-11/h2-3,6,14,16H,1,4-5H2,(H,13,15). The van der Waals surface area contributed by atoms with Crippen molar-refractivity contribution in [2.24, 2.45) is 0 Å². The van der Waals surface area contributed by atoms with Gasteiger partial charge in [0.25, 0.3) is 5.91 Å². The molecule has 0 unspecified atom stereocenters. The number of rotatable bonds is 2. The normalized spacial score (nSPS) is 17.6. The number of aromatic hydroxyl groups is 1. The quantitative estimate of drug-likeness (QED) is 0.666. The van der Waals surface area contributed by atoms with E-state index in [0.717, 1.165) is 24.6 Å². The molecule has 1 saturated carbocycles. The number of phenols is 1. The molecule has 1 aromatic carbocycles. The number of nitrogens with one attached hydrogen (secondary N) is 1. The average Bonchev–Trinajstić information content (AvgIpc) is 2.20. The maximum atomic E-state index is 12.9. The van der Waals surface area contributed by atoms with Gasteiger partial charge in [0, 0.05) is 6.07 Å². The third-order valence-electron chi connectivity index (χ3n) is 2.81. The van der Waals surface area contributed by atoms with Crippen LogP contribution in [0.5, 0.6) is 5.75 Å². The summed E-state index contributed by atoms with van der Waals surface area (Å²) in [7, 11) is 0. The highest BCUT2D eigenvalue weighted by Crippen LogP contribution is 2.33. The van der Waals surface area contributed by atoms with E-state index in [1.165, 1.54) is 0 Å². The van der Waals surface area contributed by atoms with Crippen molar-refractivity contribution in [3.05, 3.63) is 24.0 Å². The van der Waals surface area contributed by atoms with E-state index in [4.69, 9.17) is 0 Å². The topological polar surface area (TPSA) is 69.6 Å². The summed E-state index contributed by atoms with van der Waals surface area (Å²) in [5.74, 6) is -1.38. The predicted molar refractivity (Wildman–Crippen MR) is 55.5 cm³/mol. The molecule has 0 aliphatic heterocycles. The Hall–Kier alpha value is -1.62. The lowest BCUT2D eigenvalue weighted by atomic mass is 9.79. The number of hydrogen-bond donors (Lipinski definition) is 3. The first kappa shape index (κ1) is 10.9. The number of amides is 1. The van der Waals surface area contributed by atoms with E-state index in [9.17, 15) is 19.4 Å². The predicted octanol–water partition coefficient (Wildman–Crippen LogP) is 1.38. The van der Waals surface area contributed by atoms with Gasteiger partial charge in [-0.3, -0.25) is 4.79 Å². The highest BCUT2D eigenvalue weighted by molar-refractivity contribution is 5.98. The molecule has 0 bridgehead atoms. The Morgan fingerprint density at radius 3 is 2.69 bits per heavy atom. The maximum Gasteiger partial charge on any atom is 0.256 e. The third kappa shape index (κ3) is 1.86. The molecule has 0 atom stereocenters. The molecule has 4 nitrogen and oxygen atoms in total. The molecule has 0 heterocycles. The number of anilines is 1. The number of carbonyl (C=O) groups is 1. The Kier molecular flexibility index (Phi) is 2.55. The van der Waals surface area contributed by atoms with Crippen molar-refractivity contribution in [2.75, 3.05) is 5.32 Å². The maximum absolute atomic E-state index is 12.9. The molecule has 0 aromatic heterocycles. The van der Waals surface area contributed by atoms with Crippen LogP contribution in [0.15, 0.2) is 18.2 Å². The van der Waals surface area contributed by atoms with Crippen LogP contribution < -0.4 is 5.32 Å². The summed E-state index contributed by atoms with van der Waals surface area (Å²) in [4.78, 5) is 11.6. The van der Waals surface area contributed by atoms with Gasteiger partial charge in [-0.1, -0.05) is 0 Å². The first-order valence-corrected chi connectivity index (χ1v) is 5.04. The molecular formula is C11H12FNO3. The highest BCUT2D eigenvalue weighted by Gasteiger charge is 2.42. The lowest BCUT2D eigenvalue weighted by molar-refractivity contribution is -0.142. The number of aliphatic hydroxyl groups is 1. The van der Waals surface area contributed by atoms with Crippen molar-refractivity contribution in [1.29, 1.82) is 0 Å². The smallest absolute Gasteiger partial charge is 0.256 e. The van der Waals surface area contributed by atoms with Gasteiger partial charge in [-0.15, -0.1) is 0 Å². The summed E-state index contributed by atoms with van der Waals surface area (Å²) in [5, 5.41) is 21.4. The Bertz CT molecular complexity index is 429. The lowest BCUT2D eigenvalue weighted by Crippen LogP contribution is -2.48. The average molecular weight is 225 g/mol. The fraction of sp³-hybridized carbons (Fsp3) is 0.364. The third-order valence-corrected chi connectivity index (χ3v) is 2.81. The van der Waals surface area contributed by atoms with E-state index in [1.54, 1.807) is 0 Å². The van der Waals surface area contributed by atoms with Gasteiger partial charge in [-0.25, -0.2) is 4.39 Å². The Balaban J connectivity index is 2.14. The van der Waals surface area contributed by atoms with Gasteiger partial charge in [0.2, 0.25) is 0 Å². The fourth-order valence-corrected chi connectivity index (χ4v) is 1.59. The van der Waals surface area contributed by atoms with Crippen molar-refractivity contribution >= 4 is 11.6 Å². The van der Waals surface area contributed by atoms with Crippen molar-refractivity contribution < 1.29 is 19.4 Å². The number of benzene rings is 1. The zero-order valence-electron chi connectivity index (χ0n) is 8.53. The molecule has 1 fully saturated rings. The summed E-state index contributed by atoms with van der Waals surface area (Å²) >= 11 is 0. The SMILES string of the molecule is O=C(Nc1cc(F)ccc1O)C1(O)CCC1. The van der Waals surface area contributed by atoms with E-state index in [1.807, 2.05) is 0 Å². The fourth-order valence-electron chi connectivity index (χ4n) is 1.59. The van der Waals surface area contributed by atoms with Crippen molar-refractivity contribution in [1.82, 2.24) is 0 Å². The number of hydrogen-bond acceptors (Lipinski definition) is 3. The minimum Gasteiger partial charge on any atom is -0.506 e. The van der Waals surface area contributed by atoms with Crippen LogP contribution in [0.4, 0.5) is 10.1 Å². The van der Waals surface area contributed by atoms with Gasteiger partial charge >= 0.3 is 0 Å². The van der Waals surface area contributed by atoms with Crippen LogP contribution in [0.25, 0.3) is 0 Å². The van der Waals surface area contributed by atoms with E-state index < -0.39 is 17.3 Å². The second kappa shape index (κ2) is 3.75. The molecule has 2 rings (SSSR count). The van der Waals surface area contributed by atoms with E-state index in [0.29, 0.717) is 12.8 Å². The number of carbonyl (C=O) groups excluding carboxylic acids is 1. The number of halogens is 1. The minimum atomic E-state index is -1.36. The molecule has 1 aliphatic rings. The van der Waals surface area contributed by atoms with E-state index in [-0.39, 0.29) is 11.4 Å². The largest absolute Gasteiger partial charge is 0.506 e. The second-order valence-corrected chi connectivity index (χ2v) is 4.00. The lowest BCUT2D eigenvalue weighted by Gasteiger charge is -2.34. The van der Waals surface area contributed by atoms with Gasteiger partial charge in [0.05, 0.1) is 5.69 Å². The molecule has 16 heavy (non-hydrogen) atoms. The Morgan fingerprint density at radius 2 is 2.12 bits per heavy atom. The Morgan fingerprint density at radius 1 is 1.44 bits per heavy atom. The van der Waals surface area contributed by atoms with Gasteiger partial charge in [-0.2, -0.15) is 0 Å². The van der Waals surface area contributed by atoms with E-state index in [2.05, 4.69) is 5.32 Å². The summed E-state index contributed by atoms with van der Waals surface area (Å²) in [5.41, 5.74) is -1.39. The second-order valence-electron chi connectivity index (χ2n) is 4.00. The van der Waals surface area contributed by atoms with Crippen LogP contribution in [-0.2, 0) is 4.79 Å². The zero-order chi connectivity index (χ0) is 11.8. The van der Waals surface area contributed by atoms with Gasteiger partial charge < -0.3 is 15.5 Å².